The molecule has 0 atom stereocenters. The highest BCUT2D eigenvalue weighted by molar-refractivity contribution is 6.06. The summed E-state index contributed by atoms with van der Waals surface area (Å²) in [7, 11) is 0. The van der Waals surface area contributed by atoms with E-state index in [0.717, 1.165) is 30.5 Å². The molecule has 1 fully saturated rings. The van der Waals surface area contributed by atoms with Crippen molar-refractivity contribution in [2.75, 3.05) is 0 Å². The molecule has 1 amide bonds. The monoisotopic (exact) mass is 279 g/mol. The van der Waals surface area contributed by atoms with Crippen molar-refractivity contribution in [1.29, 1.82) is 0 Å². The van der Waals surface area contributed by atoms with Crippen molar-refractivity contribution in [1.82, 2.24) is 15.5 Å². The first-order valence-corrected chi connectivity index (χ1v) is 6.85. The van der Waals surface area contributed by atoms with Crippen LogP contribution < -0.4 is 11.1 Å². The van der Waals surface area contributed by atoms with Crippen LogP contribution in [0.2, 0.25) is 0 Å². The molecule has 20 heavy (non-hydrogen) atoms. The zero-order valence-corrected chi connectivity index (χ0v) is 11.6. The number of rotatable bonds is 4. The zero-order chi connectivity index (χ0) is 14.6. The van der Waals surface area contributed by atoms with Crippen LogP contribution in [0.4, 0.5) is 0 Å². The third kappa shape index (κ3) is 2.61. The minimum Gasteiger partial charge on any atom is -0.409 e. The van der Waals surface area contributed by atoms with Crippen LogP contribution in [-0.2, 0) is 11.3 Å². The van der Waals surface area contributed by atoms with Crippen LogP contribution in [-0.4, -0.2) is 27.1 Å². The Labute approximate surface area is 117 Å². The zero-order valence-electron chi connectivity index (χ0n) is 11.6. The Morgan fingerprint density at radius 3 is 2.80 bits per heavy atom. The van der Waals surface area contributed by atoms with Crippen LogP contribution in [0.3, 0.4) is 0 Å². The van der Waals surface area contributed by atoms with Gasteiger partial charge in [-0.3, -0.25) is 9.89 Å². The van der Waals surface area contributed by atoms with Crippen molar-refractivity contribution in [3.8, 4) is 0 Å². The number of nitrogens with two attached hydrogens (primary N) is 1. The van der Waals surface area contributed by atoms with Crippen LogP contribution in [0.15, 0.2) is 11.4 Å². The van der Waals surface area contributed by atoms with Gasteiger partial charge in [0.15, 0.2) is 5.84 Å². The summed E-state index contributed by atoms with van der Waals surface area (Å²) in [6, 6.07) is 0. The number of nitrogens with one attached hydrogen (secondary N) is 2. The van der Waals surface area contributed by atoms with Gasteiger partial charge >= 0.3 is 0 Å². The van der Waals surface area contributed by atoms with Crippen molar-refractivity contribution in [2.45, 2.75) is 45.6 Å². The number of aryl methyl sites for hydroxylation is 1. The second-order valence-electron chi connectivity index (χ2n) is 5.33. The Balaban J connectivity index is 2.09. The fourth-order valence-electron chi connectivity index (χ4n) is 2.75. The predicted octanol–water partition coefficient (Wildman–Crippen LogP) is 1.03. The van der Waals surface area contributed by atoms with E-state index in [9.17, 15) is 4.79 Å². The number of hydrogen-bond donors (Lipinski definition) is 4. The number of aromatic nitrogens is 2. The minimum atomic E-state index is -0.870. The molecule has 5 N–H and O–H groups in total. The molecular weight excluding hydrogens is 258 g/mol. The Kier molecular flexibility index (Phi) is 4.26. The van der Waals surface area contributed by atoms with Gasteiger partial charge in [-0.1, -0.05) is 24.4 Å². The molecule has 1 saturated carbocycles. The summed E-state index contributed by atoms with van der Waals surface area (Å²) in [6.45, 7) is 2.29. The average Bonchev–Trinajstić information content (AvgIpc) is 2.89. The van der Waals surface area contributed by atoms with Gasteiger partial charge in [0.05, 0.1) is 6.20 Å². The van der Waals surface area contributed by atoms with Gasteiger partial charge in [-0.15, -0.1) is 0 Å². The molecule has 1 heterocycles. The largest absolute Gasteiger partial charge is 0.409 e. The maximum absolute atomic E-state index is 12.5. The van der Waals surface area contributed by atoms with Gasteiger partial charge in [-0.2, -0.15) is 5.10 Å². The molecule has 0 aromatic carbocycles. The summed E-state index contributed by atoms with van der Waals surface area (Å²) in [6.07, 6.45) is 5.84. The molecular formula is C13H21N5O2. The van der Waals surface area contributed by atoms with Crippen LogP contribution in [0.5, 0.6) is 0 Å². The SMILES string of the molecule is Cc1[nH]ncc1CNC(=O)C1(C(N)=NO)CCCCC1. The maximum atomic E-state index is 12.5. The lowest BCUT2D eigenvalue weighted by Gasteiger charge is -2.34. The van der Waals surface area contributed by atoms with Gasteiger partial charge in [0, 0.05) is 17.8 Å². The molecule has 2 rings (SSSR count). The van der Waals surface area contributed by atoms with Crippen LogP contribution in [0.25, 0.3) is 0 Å². The van der Waals surface area contributed by atoms with Gasteiger partial charge < -0.3 is 16.3 Å². The standard InChI is InChI=1S/C13H21N5O2/c1-9-10(8-16-17-9)7-15-12(19)13(11(14)18-20)5-3-2-4-6-13/h8,20H,2-7H2,1H3,(H2,14,18)(H,15,19)(H,16,17). The first kappa shape index (κ1) is 14.4. The smallest absolute Gasteiger partial charge is 0.234 e. The molecule has 0 saturated heterocycles. The van der Waals surface area contributed by atoms with Gasteiger partial charge in [0.1, 0.15) is 5.41 Å². The molecule has 1 aromatic rings. The Morgan fingerprint density at radius 2 is 2.25 bits per heavy atom. The van der Waals surface area contributed by atoms with E-state index in [0.29, 0.717) is 19.4 Å². The van der Waals surface area contributed by atoms with Crippen molar-refractivity contribution in [2.24, 2.45) is 16.3 Å². The molecule has 1 aliphatic rings. The fraction of sp³-hybridized carbons (Fsp3) is 0.615. The Hall–Kier alpha value is -2.05. The van der Waals surface area contributed by atoms with E-state index in [4.69, 9.17) is 10.9 Å². The minimum absolute atomic E-state index is 0.0126. The highest BCUT2D eigenvalue weighted by atomic mass is 16.4. The maximum Gasteiger partial charge on any atom is 0.234 e. The third-order valence-corrected chi connectivity index (χ3v) is 4.11. The van der Waals surface area contributed by atoms with Crippen LogP contribution >= 0.6 is 0 Å². The summed E-state index contributed by atoms with van der Waals surface area (Å²) in [5.74, 6) is -0.160. The summed E-state index contributed by atoms with van der Waals surface area (Å²) < 4.78 is 0. The van der Waals surface area contributed by atoms with Crippen molar-refractivity contribution < 1.29 is 10.0 Å². The van der Waals surface area contributed by atoms with E-state index in [-0.39, 0.29) is 11.7 Å². The molecule has 0 unspecified atom stereocenters. The second-order valence-corrected chi connectivity index (χ2v) is 5.33. The Morgan fingerprint density at radius 1 is 1.55 bits per heavy atom. The third-order valence-electron chi connectivity index (χ3n) is 4.11. The molecule has 0 radical (unpaired) electrons. The lowest BCUT2D eigenvalue weighted by Crippen LogP contribution is -2.50. The highest BCUT2D eigenvalue weighted by Crippen LogP contribution is 2.36. The number of carbonyl (C=O) groups is 1. The van der Waals surface area contributed by atoms with E-state index >= 15 is 0 Å². The van der Waals surface area contributed by atoms with E-state index in [1.54, 1.807) is 6.20 Å². The first-order valence-electron chi connectivity index (χ1n) is 6.85. The quantitative estimate of drug-likeness (QED) is 0.285. The number of hydrogen-bond acceptors (Lipinski definition) is 4. The predicted molar refractivity (Wildman–Crippen MR) is 74.1 cm³/mol. The first-order chi connectivity index (χ1) is 9.60. The number of H-pyrrole nitrogens is 1. The lowest BCUT2D eigenvalue weighted by atomic mass is 9.72. The normalized spacial score (nSPS) is 18.8. The van der Waals surface area contributed by atoms with E-state index in [1.165, 1.54) is 0 Å². The molecule has 1 aromatic heterocycles. The molecule has 1 aliphatic carbocycles. The lowest BCUT2D eigenvalue weighted by molar-refractivity contribution is -0.129. The molecule has 7 nitrogen and oxygen atoms in total. The number of carbonyl (C=O) groups excluding carboxylic acids is 1. The number of aromatic amines is 1. The van der Waals surface area contributed by atoms with Crippen LogP contribution in [0.1, 0.15) is 43.4 Å². The topological polar surface area (TPSA) is 116 Å². The second kappa shape index (κ2) is 5.94. The van der Waals surface area contributed by atoms with Gasteiger partial charge in [0.25, 0.3) is 0 Å². The van der Waals surface area contributed by atoms with E-state index < -0.39 is 5.41 Å². The number of amidine groups is 1. The fourth-order valence-corrected chi connectivity index (χ4v) is 2.75. The molecule has 0 aliphatic heterocycles. The van der Waals surface area contributed by atoms with Crippen molar-refractivity contribution in [3.05, 3.63) is 17.5 Å². The summed E-state index contributed by atoms with van der Waals surface area (Å²) in [5.41, 5.74) is 6.77. The van der Waals surface area contributed by atoms with Crippen LogP contribution in [0, 0.1) is 12.3 Å². The summed E-state index contributed by atoms with van der Waals surface area (Å²) >= 11 is 0. The molecule has 7 heteroatoms. The average molecular weight is 279 g/mol. The highest BCUT2D eigenvalue weighted by Gasteiger charge is 2.43. The van der Waals surface area contributed by atoms with Crippen molar-refractivity contribution in [3.63, 3.8) is 0 Å². The number of oxime groups is 1. The van der Waals surface area contributed by atoms with Gasteiger partial charge in [-0.05, 0) is 19.8 Å². The summed E-state index contributed by atoms with van der Waals surface area (Å²) in [4.78, 5) is 12.5. The van der Waals surface area contributed by atoms with Gasteiger partial charge in [-0.25, -0.2) is 0 Å². The molecule has 0 spiro atoms. The van der Waals surface area contributed by atoms with Crippen molar-refractivity contribution >= 4 is 11.7 Å². The van der Waals surface area contributed by atoms with E-state index in [1.807, 2.05) is 6.92 Å². The number of amides is 1. The van der Waals surface area contributed by atoms with Gasteiger partial charge in [0.2, 0.25) is 5.91 Å². The summed E-state index contributed by atoms with van der Waals surface area (Å²) in [5, 5.41) is 21.7. The molecule has 110 valence electrons. The van der Waals surface area contributed by atoms with E-state index in [2.05, 4.69) is 20.7 Å². The molecule has 0 bridgehead atoms. The number of nitrogens with zero attached hydrogens (tertiary/aromatic N) is 2. The Bertz CT molecular complexity index is 503.